The molecule has 0 aliphatic rings. The van der Waals surface area contributed by atoms with Gasteiger partial charge in [-0.3, -0.25) is 20.6 Å². The van der Waals surface area contributed by atoms with Gasteiger partial charge in [-0.15, -0.1) is 0 Å². The van der Waals surface area contributed by atoms with Crippen molar-refractivity contribution in [1.82, 2.24) is 0 Å². The van der Waals surface area contributed by atoms with Gasteiger partial charge in [0.1, 0.15) is 0 Å². The van der Waals surface area contributed by atoms with E-state index in [2.05, 4.69) is 20.5 Å². The highest BCUT2D eigenvalue weighted by Crippen LogP contribution is 2.07. The topological polar surface area (TPSA) is 26.3 Å². The van der Waals surface area contributed by atoms with E-state index in [1.165, 1.54) is 7.11 Å². The highest BCUT2D eigenvalue weighted by molar-refractivity contribution is 9.25. The molecule has 0 heterocycles. The van der Waals surface area contributed by atoms with Crippen molar-refractivity contribution in [1.29, 1.82) is 0 Å². The summed E-state index contributed by atoms with van der Waals surface area (Å²) in [5.41, 5.74) is -0.280. The minimum Gasteiger partial charge on any atom is -0.526 e. The van der Waals surface area contributed by atoms with Gasteiger partial charge in [-0.05, 0) is 0 Å². The molecule has 0 atom stereocenters. The molecule has 0 bridgehead atoms. The lowest BCUT2D eigenvalue weighted by Crippen LogP contribution is -2.50. The van der Waals surface area contributed by atoms with Crippen LogP contribution in [0.5, 0.6) is 0 Å². The number of carbonyl (C=O) groups is 1. The van der Waals surface area contributed by atoms with Gasteiger partial charge < -0.3 is 9.13 Å². The van der Waals surface area contributed by atoms with Crippen molar-refractivity contribution in [3.05, 3.63) is 0 Å². The van der Waals surface area contributed by atoms with Gasteiger partial charge in [0.05, 0.1) is 7.11 Å². The van der Waals surface area contributed by atoms with E-state index in [0.717, 1.165) is 0 Å². The van der Waals surface area contributed by atoms with Crippen molar-refractivity contribution in [3.8, 4) is 0 Å². The number of ether oxygens (including phenoxy) is 1. The van der Waals surface area contributed by atoms with E-state index >= 15 is 0 Å². The molecule has 0 aliphatic carbocycles. The van der Waals surface area contributed by atoms with Crippen LogP contribution >= 0.6 is 15.8 Å². The van der Waals surface area contributed by atoms with Gasteiger partial charge in [0.25, 0.3) is 0 Å². The number of nitrogens with zero attached hydrogens (tertiary/aromatic N) is 1. The number of quaternary nitrogens is 1. The van der Waals surface area contributed by atoms with Crippen molar-refractivity contribution < 1.29 is 13.9 Å². The Morgan fingerprint density at radius 1 is 1.50 bits per heavy atom. The molecule has 0 N–H and O–H groups in total. The van der Waals surface area contributed by atoms with E-state index in [1.54, 1.807) is 0 Å². The van der Waals surface area contributed by atoms with E-state index in [9.17, 15) is 4.79 Å². The molecular weight excluding hydrogens is 197 g/mol. The van der Waals surface area contributed by atoms with Crippen molar-refractivity contribution in [2.45, 2.75) is 0 Å². The average molecular weight is 209 g/mol. The lowest BCUT2D eigenvalue weighted by atomic mass is 9.89. The molecule has 0 aliphatic heterocycles. The quantitative estimate of drug-likeness (QED) is 0.632. The van der Waals surface area contributed by atoms with E-state index in [1.807, 2.05) is 21.1 Å². The Hall–Kier alpha value is -0.0251. The highest BCUT2D eigenvalue weighted by Gasteiger charge is 2.20. The van der Waals surface area contributed by atoms with Gasteiger partial charge in [0, 0.05) is 21.1 Å². The Balaban J connectivity index is 4.08. The van der Waals surface area contributed by atoms with Crippen molar-refractivity contribution in [2.24, 2.45) is 0 Å². The first-order valence-corrected chi connectivity index (χ1v) is 3.84. The maximum absolute atomic E-state index is 10.9. The summed E-state index contributed by atoms with van der Waals surface area (Å²) in [5, 5.41) is 0. The predicted octanol–water partition coefficient (Wildman–Crippen LogP) is 0.924. The average Bonchev–Trinajstić information content (AvgIpc) is 1.83. The first-order chi connectivity index (χ1) is 4.39. The molecule has 3 nitrogen and oxygen atoms in total. The molecule has 0 aromatic rings. The number of methoxy groups -OCH3 is 1. The number of rotatable bonds is 2. The molecule has 0 aromatic carbocycles. The summed E-state index contributed by atoms with van der Waals surface area (Å²) < 4.78 is 5.06. The summed E-state index contributed by atoms with van der Waals surface area (Å²) in [6.07, 6.45) is 0. The Labute approximate surface area is 70.0 Å². The second kappa shape index (κ2) is 3.39. The van der Waals surface area contributed by atoms with Crippen molar-refractivity contribution >= 4 is 27.3 Å². The molecule has 0 saturated heterocycles. The molecule has 0 spiro atoms. The third kappa shape index (κ3) is 2.71. The fraction of sp³-hybridized carbons (Fsp3) is 0.800. The third-order valence-corrected chi connectivity index (χ3v) is 2.68. The Bertz CT molecular complexity index is 134. The zero-order valence-electron chi connectivity index (χ0n) is 6.72. The highest BCUT2D eigenvalue weighted by atomic mass is 79.9. The fourth-order valence-corrected chi connectivity index (χ4v) is 0.600. The van der Waals surface area contributed by atoms with Gasteiger partial charge in [0.2, 0.25) is 0 Å². The fourth-order valence-electron chi connectivity index (χ4n) is 0.413. The van der Waals surface area contributed by atoms with Gasteiger partial charge in [-0.2, -0.15) is 0 Å². The van der Waals surface area contributed by atoms with Crippen LogP contribution in [0, 0.1) is 0 Å². The molecule has 0 unspecified atom stereocenters. The van der Waals surface area contributed by atoms with Crippen LogP contribution in [0.25, 0.3) is 0 Å². The van der Waals surface area contributed by atoms with Crippen LogP contribution < -0.4 is 0 Å². The van der Waals surface area contributed by atoms with Crippen LogP contribution in [-0.2, 0) is 4.74 Å². The van der Waals surface area contributed by atoms with Gasteiger partial charge >= 0.3 is 5.67 Å². The van der Waals surface area contributed by atoms with E-state index in [0.29, 0.717) is 4.39 Å². The largest absolute Gasteiger partial charge is 0.526 e. The Morgan fingerprint density at radius 3 is 2.00 bits per heavy atom. The van der Waals surface area contributed by atoms with Gasteiger partial charge in [-0.1, -0.05) is 0 Å². The predicted molar refractivity (Wildman–Crippen MR) is 45.1 cm³/mol. The third-order valence-electron chi connectivity index (χ3n) is 1.08. The molecule has 10 heavy (non-hydrogen) atoms. The van der Waals surface area contributed by atoms with Crippen LogP contribution in [0.1, 0.15) is 0 Å². The lowest BCUT2D eigenvalue weighted by Gasteiger charge is -2.38. The van der Waals surface area contributed by atoms with E-state index in [-0.39, 0.29) is 11.5 Å². The standard InChI is InChI=1S/C5H12BBrNO2/c1-8(2,3)6(7)5(9)10-4/h1-4H3. The van der Waals surface area contributed by atoms with Crippen LogP contribution in [0.3, 0.4) is 0 Å². The smallest absolute Gasteiger partial charge is 0.324 e. The van der Waals surface area contributed by atoms with Crippen molar-refractivity contribution in [3.63, 3.8) is 0 Å². The minimum absolute atomic E-state index is 0.243. The molecule has 5 heteroatoms. The molecule has 1 radical (unpaired) electrons. The van der Waals surface area contributed by atoms with Gasteiger partial charge in [-0.25, -0.2) is 0 Å². The van der Waals surface area contributed by atoms with Crippen LogP contribution in [-0.4, -0.2) is 44.2 Å². The lowest BCUT2D eigenvalue weighted by molar-refractivity contribution is -0.755. The Morgan fingerprint density at radius 2 is 1.90 bits per heavy atom. The summed E-state index contributed by atoms with van der Waals surface area (Å²) in [5.74, 6) is -0.243. The summed E-state index contributed by atoms with van der Waals surface area (Å²) >= 11 is 3.22. The summed E-state index contributed by atoms with van der Waals surface area (Å²) in [6, 6.07) is 0. The molecule has 59 valence electrons. The number of hydrogen-bond donors (Lipinski definition) is 0. The summed E-state index contributed by atoms with van der Waals surface area (Å²) in [6.45, 7) is 0. The van der Waals surface area contributed by atoms with Crippen LogP contribution in [0.2, 0.25) is 0 Å². The molecule has 0 amide bonds. The van der Waals surface area contributed by atoms with Crippen molar-refractivity contribution in [2.75, 3.05) is 28.3 Å². The van der Waals surface area contributed by atoms with E-state index < -0.39 is 0 Å². The zero-order valence-corrected chi connectivity index (χ0v) is 8.31. The number of halogens is 1. The second-order valence-corrected chi connectivity index (χ2v) is 3.84. The first-order valence-electron chi connectivity index (χ1n) is 2.92. The maximum atomic E-state index is 10.9. The van der Waals surface area contributed by atoms with Crippen LogP contribution in [0.15, 0.2) is 0 Å². The maximum Gasteiger partial charge on any atom is 0.324 e. The summed E-state index contributed by atoms with van der Waals surface area (Å²) in [4.78, 5) is 10.9. The Kier molecular flexibility index (Phi) is 3.38. The normalized spacial score (nSPS) is 11.8. The molecule has 0 rings (SSSR count). The molecular formula is C5H12BBrNO2. The summed E-state index contributed by atoms with van der Waals surface area (Å²) in [7, 11) is 7.12. The van der Waals surface area contributed by atoms with Gasteiger partial charge in [0.15, 0.2) is 5.87 Å². The van der Waals surface area contributed by atoms with E-state index in [4.69, 9.17) is 0 Å². The molecule has 0 aromatic heterocycles. The monoisotopic (exact) mass is 208 g/mol. The zero-order chi connectivity index (χ0) is 8.36. The molecule has 0 saturated carbocycles. The number of hydrogen-bond acceptors (Lipinski definition) is 2. The first kappa shape index (κ1) is 9.97. The minimum atomic E-state index is -0.280. The van der Waals surface area contributed by atoms with Crippen LogP contribution in [0.4, 0.5) is 4.79 Å². The SMILES string of the molecule is COC(=O)[B-](Br)[N+](C)(C)C. The number of carbonyl (C=O) groups excluding carboxylic acids is 1. The second-order valence-electron chi connectivity index (χ2n) is 2.98. The molecule has 0 fully saturated rings.